The molecule has 25 heavy (non-hydrogen) atoms. The predicted octanol–water partition coefficient (Wildman–Crippen LogP) is 2.82. The van der Waals surface area contributed by atoms with Crippen molar-refractivity contribution in [3.63, 3.8) is 0 Å². The van der Waals surface area contributed by atoms with Gasteiger partial charge in [-0.3, -0.25) is 5.43 Å². The van der Waals surface area contributed by atoms with E-state index in [0.29, 0.717) is 9.79 Å². The van der Waals surface area contributed by atoms with E-state index in [-0.39, 0.29) is 6.92 Å². The Hall–Kier alpha value is -1.54. The second-order valence-corrected chi connectivity index (χ2v) is 7.36. The van der Waals surface area contributed by atoms with Crippen LogP contribution in [0.3, 0.4) is 0 Å². The third kappa shape index (κ3) is 4.98. The fourth-order valence-corrected chi connectivity index (χ4v) is 2.80. The van der Waals surface area contributed by atoms with E-state index < -0.39 is 38.8 Å². The molecular weight excluding hydrogens is 448 g/mol. The molecule has 0 bridgehead atoms. The monoisotopic (exact) mass is 457 g/mol. The van der Waals surface area contributed by atoms with Crippen LogP contribution in [0, 0.1) is 0 Å². The zero-order valence-corrected chi connectivity index (χ0v) is 14.5. The highest BCUT2D eigenvalue weighted by atomic mass is 79.9. The van der Waals surface area contributed by atoms with Crippen LogP contribution < -0.4 is 15.6 Å². The number of hydrogen-bond acceptors (Lipinski definition) is 3. The summed E-state index contributed by atoms with van der Waals surface area (Å²) in [7, 11) is -4.42. The smallest absolute Gasteiger partial charge is 0.315 e. The fraction of sp³-hybridized carbons (Fsp3) is 0.364. The summed E-state index contributed by atoms with van der Waals surface area (Å²) in [6.45, 7) is -0.296. The van der Waals surface area contributed by atoms with Gasteiger partial charge in [0.2, 0.25) is 5.54 Å². The molecule has 0 spiro atoms. The number of hydrogen-bond donors (Lipinski definition) is 3. The summed E-state index contributed by atoms with van der Waals surface area (Å²) in [5.41, 5.74) is -3.34. The lowest BCUT2D eigenvalue weighted by molar-refractivity contribution is -0.297. The molecule has 1 aromatic rings. The van der Waals surface area contributed by atoms with Crippen molar-refractivity contribution in [2.45, 2.75) is 29.7 Å². The zero-order chi connectivity index (χ0) is 19.7. The molecule has 0 aliphatic rings. The van der Waals surface area contributed by atoms with E-state index in [2.05, 4.69) is 15.9 Å². The number of halogens is 7. The number of carbonyl (C=O) groups is 1. The second-order valence-electron chi connectivity index (χ2n) is 4.76. The van der Waals surface area contributed by atoms with Gasteiger partial charge in [-0.25, -0.2) is 13.2 Å². The number of amides is 2. The van der Waals surface area contributed by atoms with Gasteiger partial charge in [-0.05, 0) is 25.1 Å². The van der Waals surface area contributed by atoms with Crippen molar-refractivity contribution in [1.29, 1.82) is 0 Å². The minimum Gasteiger partial charge on any atom is -0.315 e. The molecule has 3 N–H and O–H groups in total. The van der Waals surface area contributed by atoms with Gasteiger partial charge in [0.05, 0.1) is 4.90 Å². The minimum atomic E-state index is -5.87. The number of alkyl halides is 6. The van der Waals surface area contributed by atoms with Gasteiger partial charge in [-0.2, -0.15) is 26.3 Å². The molecule has 0 fully saturated rings. The molecule has 0 unspecified atom stereocenters. The number of hydrazine groups is 1. The van der Waals surface area contributed by atoms with Crippen LogP contribution in [0.25, 0.3) is 0 Å². The maximum atomic E-state index is 12.6. The lowest BCUT2D eigenvalue weighted by Gasteiger charge is -2.34. The fourth-order valence-electron chi connectivity index (χ4n) is 1.37. The third-order valence-electron chi connectivity index (χ3n) is 2.90. The van der Waals surface area contributed by atoms with Crippen LogP contribution in [-0.4, -0.2) is 32.3 Å². The summed E-state index contributed by atoms with van der Waals surface area (Å²) in [4.78, 5) is 12.3. The molecule has 0 aliphatic carbocycles. The quantitative estimate of drug-likeness (QED) is 0.479. The van der Waals surface area contributed by atoms with Gasteiger partial charge in [-0.15, -0.1) is 4.83 Å². The van der Waals surface area contributed by atoms with Crippen molar-refractivity contribution in [1.82, 2.24) is 15.6 Å². The molecule has 0 aromatic heterocycles. The number of nitrogens with one attached hydrogen (secondary N) is 3. The Kier molecular flexibility index (Phi) is 6.01. The van der Waals surface area contributed by atoms with Crippen molar-refractivity contribution in [3.05, 3.63) is 28.7 Å². The van der Waals surface area contributed by atoms with Gasteiger partial charge in [0.25, 0.3) is 10.0 Å². The van der Waals surface area contributed by atoms with E-state index in [9.17, 15) is 39.6 Å². The molecule has 14 heteroatoms. The predicted molar refractivity (Wildman–Crippen MR) is 76.6 cm³/mol. The van der Waals surface area contributed by atoms with Crippen molar-refractivity contribution in [2.75, 3.05) is 0 Å². The van der Waals surface area contributed by atoms with Crippen molar-refractivity contribution < 1.29 is 39.6 Å². The second kappa shape index (κ2) is 6.99. The Morgan fingerprint density at radius 2 is 1.60 bits per heavy atom. The molecule has 6 nitrogen and oxygen atoms in total. The first-order valence-corrected chi connectivity index (χ1v) is 8.37. The van der Waals surface area contributed by atoms with E-state index in [4.69, 9.17) is 0 Å². The summed E-state index contributed by atoms with van der Waals surface area (Å²) in [6.07, 6.45) is -11.7. The molecule has 2 amide bonds. The standard InChI is InChI=1S/C11H10BrF6N3O3S/c1-9(10(13,14)15,11(16,17)18)19-8(22)20-21-25(23,24)7-4-2-3-6(12)5-7/h2-5,21H,1H3,(H2,19,20,22). The Morgan fingerprint density at radius 3 is 2.04 bits per heavy atom. The molecule has 142 valence electrons. The van der Waals surface area contributed by atoms with Crippen LogP contribution in [0.15, 0.2) is 33.6 Å². The normalized spacial score (nSPS) is 13.4. The summed E-state index contributed by atoms with van der Waals surface area (Å²) in [5.74, 6) is 0. The van der Waals surface area contributed by atoms with Crippen molar-refractivity contribution >= 4 is 32.0 Å². The zero-order valence-electron chi connectivity index (χ0n) is 12.1. The van der Waals surface area contributed by atoms with Gasteiger partial charge < -0.3 is 5.32 Å². The van der Waals surface area contributed by atoms with Crippen LogP contribution in [-0.2, 0) is 10.0 Å². The molecule has 0 radical (unpaired) electrons. The first kappa shape index (κ1) is 21.5. The maximum absolute atomic E-state index is 12.6. The topological polar surface area (TPSA) is 87.3 Å². The first-order valence-electron chi connectivity index (χ1n) is 6.09. The molecule has 1 rings (SSSR count). The van der Waals surface area contributed by atoms with Gasteiger partial charge in [-0.1, -0.05) is 22.0 Å². The number of carbonyl (C=O) groups excluding carboxylic acids is 1. The van der Waals surface area contributed by atoms with Gasteiger partial charge >= 0.3 is 18.4 Å². The van der Waals surface area contributed by atoms with Crippen LogP contribution in [0.4, 0.5) is 31.1 Å². The first-order chi connectivity index (χ1) is 11.1. The van der Waals surface area contributed by atoms with Crippen LogP contribution >= 0.6 is 15.9 Å². The Labute approximate surface area is 146 Å². The molecule has 0 saturated carbocycles. The SMILES string of the molecule is CC(NC(=O)NNS(=O)(=O)c1cccc(Br)c1)(C(F)(F)F)C(F)(F)F. The highest BCUT2D eigenvalue weighted by molar-refractivity contribution is 9.10. The Balaban J connectivity index is 2.89. The van der Waals surface area contributed by atoms with Gasteiger partial charge in [0.1, 0.15) is 0 Å². The van der Waals surface area contributed by atoms with Crippen molar-refractivity contribution in [3.8, 4) is 0 Å². The Morgan fingerprint density at radius 1 is 1.08 bits per heavy atom. The lowest BCUT2D eigenvalue weighted by atomic mass is 10.0. The highest BCUT2D eigenvalue weighted by Crippen LogP contribution is 2.42. The van der Waals surface area contributed by atoms with Crippen LogP contribution in [0.1, 0.15) is 6.92 Å². The third-order valence-corrected chi connectivity index (χ3v) is 4.64. The molecule has 0 heterocycles. The summed E-state index contributed by atoms with van der Waals surface area (Å²) >= 11 is 2.98. The molecule has 0 aliphatic heterocycles. The summed E-state index contributed by atoms with van der Waals surface area (Å²) in [5, 5.41) is 0.672. The van der Waals surface area contributed by atoms with E-state index in [1.165, 1.54) is 22.4 Å². The average molecular weight is 458 g/mol. The largest absolute Gasteiger partial charge is 0.420 e. The molecule has 0 saturated heterocycles. The number of rotatable bonds is 4. The number of benzene rings is 1. The summed E-state index contributed by atoms with van der Waals surface area (Å²) < 4.78 is 99.8. The highest BCUT2D eigenvalue weighted by Gasteiger charge is 2.68. The van der Waals surface area contributed by atoms with E-state index in [1.807, 2.05) is 0 Å². The molecule has 0 atom stereocenters. The number of urea groups is 1. The number of sulfonamides is 1. The van der Waals surface area contributed by atoms with E-state index in [1.54, 1.807) is 0 Å². The average Bonchev–Trinajstić information content (AvgIpc) is 2.43. The molecular formula is C11H10BrF6N3O3S. The minimum absolute atomic E-state index is 0.296. The van der Waals surface area contributed by atoms with Crippen LogP contribution in [0.5, 0.6) is 0 Å². The Bertz CT molecular complexity index is 736. The van der Waals surface area contributed by atoms with E-state index >= 15 is 0 Å². The van der Waals surface area contributed by atoms with Gasteiger partial charge in [0, 0.05) is 4.47 Å². The maximum Gasteiger partial charge on any atom is 0.420 e. The van der Waals surface area contributed by atoms with E-state index in [0.717, 1.165) is 12.1 Å². The van der Waals surface area contributed by atoms with Crippen molar-refractivity contribution in [2.24, 2.45) is 0 Å². The van der Waals surface area contributed by atoms with Crippen LogP contribution in [0.2, 0.25) is 0 Å². The molecule has 1 aromatic carbocycles. The van der Waals surface area contributed by atoms with Gasteiger partial charge in [0.15, 0.2) is 0 Å². The lowest BCUT2D eigenvalue weighted by Crippen LogP contribution is -2.67. The summed E-state index contributed by atoms with van der Waals surface area (Å²) in [6, 6.07) is 2.91.